The number of hydrogen-bond donors (Lipinski definition) is 1. The molecule has 1 amide bonds. The van der Waals surface area contributed by atoms with Crippen molar-refractivity contribution < 1.29 is 18.7 Å². The van der Waals surface area contributed by atoms with Crippen LogP contribution in [-0.4, -0.2) is 18.5 Å². The molecular formula is C21H24BrNO4. The van der Waals surface area contributed by atoms with E-state index in [9.17, 15) is 9.59 Å². The van der Waals surface area contributed by atoms with Crippen LogP contribution in [0, 0.1) is 11.8 Å². The number of carbonyl (C=O) groups is 2. The fourth-order valence-electron chi connectivity index (χ4n) is 3.34. The van der Waals surface area contributed by atoms with Gasteiger partial charge in [-0.3, -0.25) is 10.1 Å². The third kappa shape index (κ3) is 4.80. The standard InChI is InChI=1S/C21H24BrNO4/c1-3-26-21(25)17-12-18(14-8-10-16(22)11-9-14)27-20(17)23-19(24)15-6-4-13(2)5-7-15/h8-13,15H,3-7H2,1-2H3,(H,23,24). The Labute approximate surface area is 167 Å². The van der Waals surface area contributed by atoms with Crippen LogP contribution in [0.4, 0.5) is 5.88 Å². The van der Waals surface area contributed by atoms with Gasteiger partial charge in [0.15, 0.2) is 0 Å². The minimum atomic E-state index is -0.503. The molecule has 0 spiro atoms. The zero-order chi connectivity index (χ0) is 19.4. The summed E-state index contributed by atoms with van der Waals surface area (Å²) in [4.78, 5) is 25.0. The van der Waals surface area contributed by atoms with Gasteiger partial charge in [-0.05, 0) is 50.7 Å². The first-order valence-corrected chi connectivity index (χ1v) is 10.1. The molecular weight excluding hydrogens is 410 g/mol. The van der Waals surface area contributed by atoms with Gasteiger partial charge in [0.2, 0.25) is 11.8 Å². The molecule has 1 aromatic carbocycles. The summed E-state index contributed by atoms with van der Waals surface area (Å²) in [5.74, 6) is 0.698. The largest absolute Gasteiger partial charge is 0.462 e. The number of amides is 1. The number of anilines is 1. The van der Waals surface area contributed by atoms with E-state index in [4.69, 9.17) is 9.15 Å². The highest BCUT2D eigenvalue weighted by Crippen LogP contribution is 2.33. The fraction of sp³-hybridized carbons (Fsp3) is 0.429. The van der Waals surface area contributed by atoms with Crippen LogP contribution in [0.25, 0.3) is 11.3 Å². The van der Waals surface area contributed by atoms with E-state index < -0.39 is 5.97 Å². The lowest BCUT2D eigenvalue weighted by atomic mass is 9.82. The smallest absolute Gasteiger partial charge is 0.343 e. The molecule has 0 bridgehead atoms. The zero-order valence-corrected chi connectivity index (χ0v) is 17.2. The topological polar surface area (TPSA) is 68.5 Å². The minimum Gasteiger partial charge on any atom is -0.462 e. The summed E-state index contributed by atoms with van der Waals surface area (Å²) >= 11 is 3.40. The molecule has 3 rings (SSSR count). The molecule has 1 heterocycles. The molecule has 27 heavy (non-hydrogen) atoms. The van der Waals surface area contributed by atoms with E-state index in [1.54, 1.807) is 13.0 Å². The molecule has 1 aromatic heterocycles. The van der Waals surface area contributed by atoms with Crippen molar-refractivity contribution in [2.75, 3.05) is 11.9 Å². The Morgan fingerprint density at radius 2 is 1.85 bits per heavy atom. The molecule has 0 radical (unpaired) electrons. The van der Waals surface area contributed by atoms with Crippen molar-refractivity contribution in [3.63, 3.8) is 0 Å². The van der Waals surface area contributed by atoms with Gasteiger partial charge in [0.25, 0.3) is 0 Å². The van der Waals surface area contributed by atoms with Crippen LogP contribution in [0.15, 0.2) is 39.2 Å². The van der Waals surface area contributed by atoms with E-state index in [2.05, 4.69) is 28.2 Å². The average molecular weight is 434 g/mol. The Morgan fingerprint density at radius 3 is 2.48 bits per heavy atom. The second-order valence-corrected chi connectivity index (χ2v) is 7.94. The molecule has 0 unspecified atom stereocenters. The average Bonchev–Trinajstić information content (AvgIpc) is 3.07. The molecule has 1 aliphatic rings. The highest BCUT2D eigenvalue weighted by Gasteiger charge is 2.27. The number of benzene rings is 1. The quantitative estimate of drug-likeness (QED) is 0.618. The molecule has 1 fully saturated rings. The van der Waals surface area contributed by atoms with Gasteiger partial charge in [0.05, 0.1) is 6.61 Å². The lowest BCUT2D eigenvalue weighted by molar-refractivity contribution is -0.121. The summed E-state index contributed by atoms with van der Waals surface area (Å²) < 4.78 is 11.9. The van der Waals surface area contributed by atoms with Gasteiger partial charge in [0.1, 0.15) is 11.3 Å². The zero-order valence-electron chi connectivity index (χ0n) is 15.6. The molecule has 5 nitrogen and oxygen atoms in total. The molecule has 1 N–H and O–H groups in total. The minimum absolute atomic E-state index is 0.0440. The summed E-state index contributed by atoms with van der Waals surface area (Å²) in [5.41, 5.74) is 1.06. The maximum atomic E-state index is 12.7. The Hall–Kier alpha value is -2.08. The summed E-state index contributed by atoms with van der Waals surface area (Å²) in [6.45, 7) is 4.21. The Kier molecular flexibility index (Phi) is 6.37. The Bertz CT molecular complexity index is 804. The van der Waals surface area contributed by atoms with E-state index >= 15 is 0 Å². The summed E-state index contributed by atoms with van der Waals surface area (Å²) in [6.07, 6.45) is 3.82. The molecule has 2 aromatic rings. The monoisotopic (exact) mass is 433 g/mol. The molecule has 1 aliphatic carbocycles. The molecule has 144 valence electrons. The van der Waals surface area contributed by atoms with Crippen molar-refractivity contribution in [2.24, 2.45) is 11.8 Å². The fourth-order valence-corrected chi connectivity index (χ4v) is 3.60. The van der Waals surface area contributed by atoms with Gasteiger partial charge in [0, 0.05) is 22.0 Å². The lowest BCUT2D eigenvalue weighted by Crippen LogP contribution is -2.27. The van der Waals surface area contributed by atoms with Crippen molar-refractivity contribution in [1.29, 1.82) is 0 Å². The van der Waals surface area contributed by atoms with Gasteiger partial charge >= 0.3 is 5.97 Å². The van der Waals surface area contributed by atoms with Crippen LogP contribution in [0.5, 0.6) is 0 Å². The maximum absolute atomic E-state index is 12.7. The molecule has 1 saturated carbocycles. The van der Waals surface area contributed by atoms with Crippen LogP contribution in [-0.2, 0) is 9.53 Å². The van der Waals surface area contributed by atoms with Gasteiger partial charge in [-0.15, -0.1) is 0 Å². The second kappa shape index (κ2) is 8.74. The van der Waals surface area contributed by atoms with Crippen molar-refractivity contribution in [3.8, 4) is 11.3 Å². The first-order valence-electron chi connectivity index (χ1n) is 9.35. The van der Waals surface area contributed by atoms with E-state index in [1.807, 2.05) is 24.3 Å². The van der Waals surface area contributed by atoms with E-state index in [0.29, 0.717) is 11.7 Å². The molecule has 0 saturated heterocycles. The third-order valence-electron chi connectivity index (χ3n) is 4.98. The van der Waals surface area contributed by atoms with Gasteiger partial charge < -0.3 is 9.15 Å². The first kappa shape index (κ1) is 19.7. The van der Waals surface area contributed by atoms with Crippen LogP contribution in [0.3, 0.4) is 0 Å². The summed E-state index contributed by atoms with van der Waals surface area (Å²) in [5, 5.41) is 2.82. The molecule has 0 atom stereocenters. The number of halogens is 1. The summed E-state index contributed by atoms with van der Waals surface area (Å²) in [6, 6.07) is 9.17. The van der Waals surface area contributed by atoms with Crippen LogP contribution >= 0.6 is 15.9 Å². The normalized spacial score (nSPS) is 19.5. The SMILES string of the molecule is CCOC(=O)c1cc(-c2ccc(Br)cc2)oc1NC(=O)C1CCC(C)CC1. The number of nitrogens with one attached hydrogen (secondary N) is 1. The number of ether oxygens (including phenoxy) is 1. The number of hydrogen-bond acceptors (Lipinski definition) is 4. The van der Waals surface area contributed by atoms with Crippen molar-refractivity contribution >= 4 is 33.7 Å². The second-order valence-electron chi connectivity index (χ2n) is 7.03. The molecule has 0 aliphatic heterocycles. The number of rotatable bonds is 5. The van der Waals surface area contributed by atoms with Crippen LogP contribution < -0.4 is 5.32 Å². The van der Waals surface area contributed by atoms with Gasteiger partial charge in [-0.2, -0.15) is 0 Å². The number of furan rings is 1. The highest BCUT2D eigenvalue weighted by atomic mass is 79.9. The lowest BCUT2D eigenvalue weighted by Gasteiger charge is -2.24. The first-order chi connectivity index (χ1) is 13.0. The number of carbonyl (C=O) groups excluding carboxylic acids is 2. The predicted molar refractivity (Wildman–Crippen MR) is 108 cm³/mol. The van der Waals surface area contributed by atoms with E-state index in [0.717, 1.165) is 35.7 Å². The van der Waals surface area contributed by atoms with Crippen LogP contribution in [0.1, 0.15) is 49.9 Å². The van der Waals surface area contributed by atoms with Gasteiger partial charge in [-0.25, -0.2) is 4.79 Å². The predicted octanol–water partition coefficient (Wildman–Crippen LogP) is 5.65. The summed E-state index contributed by atoms with van der Waals surface area (Å²) in [7, 11) is 0. The van der Waals surface area contributed by atoms with Crippen LogP contribution in [0.2, 0.25) is 0 Å². The van der Waals surface area contributed by atoms with E-state index in [-0.39, 0.29) is 29.9 Å². The van der Waals surface area contributed by atoms with Crippen molar-refractivity contribution in [3.05, 3.63) is 40.4 Å². The maximum Gasteiger partial charge on any atom is 0.343 e. The third-order valence-corrected chi connectivity index (χ3v) is 5.51. The Balaban J connectivity index is 1.84. The highest BCUT2D eigenvalue weighted by molar-refractivity contribution is 9.10. The van der Waals surface area contributed by atoms with Crippen molar-refractivity contribution in [1.82, 2.24) is 0 Å². The molecule has 6 heteroatoms. The van der Waals surface area contributed by atoms with Gasteiger partial charge in [-0.1, -0.05) is 35.0 Å². The Morgan fingerprint density at radius 1 is 1.19 bits per heavy atom. The van der Waals surface area contributed by atoms with E-state index in [1.165, 1.54) is 0 Å². The van der Waals surface area contributed by atoms with Crippen molar-refractivity contribution in [2.45, 2.75) is 39.5 Å². The number of esters is 1.